The van der Waals surface area contributed by atoms with Gasteiger partial charge in [0.15, 0.2) is 5.78 Å². The average molecular weight is 370 g/mol. The van der Waals surface area contributed by atoms with E-state index in [1.54, 1.807) is 19.1 Å². The van der Waals surface area contributed by atoms with Gasteiger partial charge >= 0.3 is 5.97 Å². The minimum Gasteiger partial charge on any atom is -0.462 e. The van der Waals surface area contributed by atoms with Gasteiger partial charge in [-0.2, -0.15) is 0 Å². The number of ketones is 1. The molecule has 0 amide bonds. The summed E-state index contributed by atoms with van der Waals surface area (Å²) in [6.45, 7) is 2.15. The van der Waals surface area contributed by atoms with Gasteiger partial charge in [0.1, 0.15) is 0 Å². The minimum atomic E-state index is -0.317. The number of allylic oxidation sites excluding steroid dienone is 2. The molecule has 0 N–H and O–H groups in total. The van der Waals surface area contributed by atoms with Crippen LogP contribution in [0.15, 0.2) is 24.3 Å². The van der Waals surface area contributed by atoms with E-state index in [4.69, 9.17) is 4.74 Å². The summed E-state index contributed by atoms with van der Waals surface area (Å²) in [5.41, 5.74) is 2.53. The number of halogens is 1. The Hall–Kier alpha value is -1.17. The van der Waals surface area contributed by atoms with Crippen molar-refractivity contribution in [1.82, 2.24) is 0 Å². The lowest BCUT2D eigenvalue weighted by Crippen LogP contribution is -2.07. The molecule has 0 spiro atoms. The van der Waals surface area contributed by atoms with Crippen molar-refractivity contribution in [3.05, 3.63) is 39.0 Å². The molecule has 0 aromatic heterocycles. The van der Waals surface area contributed by atoms with Gasteiger partial charge in [0, 0.05) is 9.99 Å². The third kappa shape index (κ3) is 3.43. The Bertz CT molecular complexity index is 546. The number of rotatable bonds is 3. The molecule has 1 aromatic carbocycles. The maximum absolute atomic E-state index is 11.7. The van der Waals surface area contributed by atoms with Crippen LogP contribution >= 0.6 is 22.6 Å². The van der Waals surface area contributed by atoms with Gasteiger partial charge in [0.25, 0.3) is 0 Å². The van der Waals surface area contributed by atoms with Crippen molar-refractivity contribution in [3.63, 3.8) is 0 Å². The van der Waals surface area contributed by atoms with Crippen molar-refractivity contribution in [1.29, 1.82) is 0 Å². The first kappa shape index (κ1) is 14.2. The lowest BCUT2D eigenvalue weighted by atomic mass is 9.92. The van der Waals surface area contributed by atoms with Crippen LogP contribution < -0.4 is 0 Å². The molecule has 0 saturated carbocycles. The molecule has 0 atom stereocenters. The third-order valence-electron chi connectivity index (χ3n) is 3.03. The van der Waals surface area contributed by atoms with Gasteiger partial charge in [-0.25, -0.2) is 4.79 Å². The molecule has 1 aliphatic rings. The number of carbonyl (C=O) groups excluding carboxylic acids is 2. The van der Waals surface area contributed by atoms with Crippen molar-refractivity contribution in [3.8, 4) is 0 Å². The van der Waals surface area contributed by atoms with Gasteiger partial charge in [0.05, 0.1) is 12.2 Å². The molecule has 0 aliphatic heterocycles. The van der Waals surface area contributed by atoms with Gasteiger partial charge in [-0.15, -0.1) is 0 Å². The third-order valence-corrected chi connectivity index (χ3v) is 3.97. The van der Waals surface area contributed by atoms with Crippen molar-refractivity contribution in [2.45, 2.75) is 26.2 Å². The highest BCUT2D eigenvalue weighted by molar-refractivity contribution is 14.1. The van der Waals surface area contributed by atoms with E-state index in [9.17, 15) is 9.59 Å². The fraction of sp³-hybridized carbons (Fsp3) is 0.333. The molecule has 19 heavy (non-hydrogen) atoms. The molecule has 0 bridgehead atoms. The van der Waals surface area contributed by atoms with Gasteiger partial charge in [-0.1, -0.05) is 0 Å². The van der Waals surface area contributed by atoms with Crippen LogP contribution in [0.3, 0.4) is 0 Å². The maximum Gasteiger partial charge on any atom is 0.338 e. The number of hydrogen-bond donors (Lipinski definition) is 0. The Morgan fingerprint density at radius 2 is 2.16 bits per heavy atom. The fourth-order valence-electron chi connectivity index (χ4n) is 2.12. The summed E-state index contributed by atoms with van der Waals surface area (Å²) in [6.07, 6.45) is 4.09. The Labute approximate surface area is 126 Å². The van der Waals surface area contributed by atoms with E-state index < -0.39 is 0 Å². The summed E-state index contributed by atoms with van der Waals surface area (Å²) >= 11 is 2.23. The number of esters is 1. The Morgan fingerprint density at radius 1 is 1.37 bits per heavy atom. The average Bonchev–Trinajstić information content (AvgIpc) is 2.39. The number of hydrogen-bond acceptors (Lipinski definition) is 3. The molecule has 3 nitrogen and oxygen atoms in total. The van der Waals surface area contributed by atoms with Crippen LogP contribution in [0.25, 0.3) is 5.57 Å². The first-order chi connectivity index (χ1) is 9.11. The van der Waals surface area contributed by atoms with Crippen LogP contribution in [-0.2, 0) is 9.53 Å². The fourth-order valence-corrected chi connectivity index (χ4v) is 2.80. The first-order valence-electron chi connectivity index (χ1n) is 6.32. The molecule has 4 heteroatoms. The minimum absolute atomic E-state index is 0.165. The molecular formula is C15H15IO3. The lowest BCUT2D eigenvalue weighted by molar-refractivity contribution is -0.114. The van der Waals surface area contributed by atoms with E-state index in [0.717, 1.165) is 27.5 Å². The largest absolute Gasteiger partial charge is 0.462 e. The Morgan fingerprint density at radius 3 is 2.84 bits per heavy atom. The molecule has 0 saturated heterocycles. The zero-order chi connectivity index (χ0) is 13.8. The lowest BCUT2D eigenvalue weighted by Gasteiger charge is -2.14. The molecule has 1 aromatic rings. The second-order valence-corrected chi connectivity index (χ2v) is 5.57. The summed E-state index contributed by atoms with van der Waals surface area (Å²) in [7, 11) is 0. The standard InChI is InChI=1S/C15H15IO3/c1-2-19-15(18)11-6-7-14(16)13(9-11)10-4-3-5-12(17)8-10/h6-9H,2-5H2,1H3. The van der Waals surface area contributed by atoms with Crippen molar-refractivity contribution < 1.29 is 14.3 Å². The summed E-state index contributed by atoms with van der Waals surface area (Å²) < 4.78 is 6.05. The molecule has 2 rings (SSSR count). The van der Waals surface area contributed by atoms with E-state index in [2.05, 4.69) is 22.6 Å². The normalized spacial score (nSPS) is 15.1. The number of ether oxygens (including phenoxy) is 1. The Kier molecular flexibility index (Phi) is 4.74. The second-order valence-electron chi connectivity index (χ2n) is 4.40. The molecule has 0 heterocycles. The van der Waals surface area contributed by atoms with Crippen LogP contribution in [0, 0.1) is 3.57 Å². The van der Waals surface area contributed by atoms with Crippen molar-refractivity contribution >= 4 is 39.9 Å². The maximum atomic E-state index is 11.7. The highest BCUT2D eigenvalue weighted by Gasteiger charge is 2.16. The van der Waals surface area contributed by atoms with E-state index in [1.807, 2.05) is 12.1 Å². The van der Waals surface area contributed by atoms with Crippen LogP contribution in [0.4, 0.5) is 0 Å². The molecule has 0 unspecified atom stereocenters. The molecule has 1 aliphatic carbocycles. The van der Waals surface area contributed by atoms with E-state index in [0.29, 0.717) is 18.6 Å². The summed E-state index contributed by atoms with van der Waals surface area (Å²) in [6, 6.07) is 5.47. The quantitative estimate of drug-likeness (QED) is 0.603. The topological polar surface area (TPSA) is 43.4 Å². The SMILES string of the molecule is CCOC(=O)c1ccc(I)c(C2=CC(=O)CCC2)c1. The van der Waals surface area contributed by atoms with Crippen LogP contribution in [0.2, 0.25) is 0 Å². The van der Waals surface area contributed by atoms with Gasteiger partial charge < -0.3 is 4.74 Å². The summed E-state index contributed by atoms with van der Waals surface area (Å²) in [4.78, 5) is 23.3. The predicted octanol–water partition coefficient (Wildman–Crippen LogP) is 3.60. The molecule has 0 fully saturated rings. The van der Waals surface area contributed by atoms with E-state index in [-0.39, 0.29) is 11.8 Å². The van der Waals surface area contributed by atoms with Gasteiger partial charge in [-0.3, -0.25) is 4.79 Å². The number of carbonyl (C=O) groups is 2. The smallest absolute Gasteiger partial charge is 0.338 e. The van der Waals surface area contributed by atoms with Crippen molar-refractivity contribution in [2.75, 3.05) is 6.61 Å². The van der Waals surface area contributed by atoms with Crippen LogP contribution in [-0.4, -0.2) is 18.4 Å². The summed E-state index contributed by atoms with van der Waals surface area (Å²) in [5.74, 6) is -0.151. The highest BCUT2D eigenvalue weighted by atomic mass is 127. The molecule has 100 valence electrons. The zero-order valence-electron chi connectivity index (χ0n) is 10.7. The van der Waals surface area contributed by atoms with Crippen molar-refractivity contribution in [2.24, 2.45) is 0 Å². The van der Waals surface area contributed by atoms with Gasteiger partial charge in [-0.05, 0) is 77.8 Å². The number of benzene rings is 1. The van der Waals surface area contributed by atoms with Crippen LogP contribution in [0.1, 0.15) is 42.1 Å². The van der Waals surface area contributed by atoms with E-state index >= 15 is 0 Å². The molecular weight excluding hydrogens is 355 g/mol. The van der Waals surface area contributed by atoms with Gasteiger partial charge in [0.2, 0.25) is 0 Å². The van der Waals surface area contributed by atoms with Crippen LogP contribution in [0.5, 0.6) is 0 Å². The van der Waals surface area contributed by atoms with E-state index in [1.165, 1.54) is 0 Å². The zero-order valence-corrected chi connectivity index (χ0v) is 12.9. The monoisotopic (exact) mass is 370 g/mol. The summed E-state index contributed by atoms with van der Waals surface area (Å²) in [5, 5.41) is 0. The predicted molar refractivity (Wildman–Crippen MR) is 82.0 cm³/mol. The first-order valence-corrected chi connectivity index (χ1v) is 7.40. The second kappa shape index (κ2) is 6.32. The molecule has 0 radical (unpaired) electrons. The highest BCUT2D eigenvalue weighted by Crippen LogP contribution is 2.29. The Balaban J connectivity index is 2.37.